The van der Waals surface area contributed by atoms with E-state index in [-0.39, 0.29) is 16.9 Å². The first-order valence-electron chi connectivity index (χ1n) is 10.5. The maximum Gasteiger partial charge on any atom is 0.377 e. The van der Waals surface area contributed by atoms with E-state index >= 15 is 0 Å². The van der Waals surface area contributed by atoms with Crippen LogP contribution in [0.4, 0.5) is 5.82 Å². The number of anilines is 1. The second kappa shape index (κ2) is 8.74. The summed E-state index contributed by atoms with van der Waals surface area (Å²) < 4.78 is 5.25. The summed E-state index contributed by atoms with van der Waals surface area (Å²) in [6.45, 7) is 1.37. The number of Topliss-reactive ketones (excluding diaryl/α,β-unsaturated/α-hetero) is 1. The molecular formula is C24H25N3O5. The lowest BCUT2D eigenvalue weighted by Gasteiger charge is -2.33. The normalized spacial score (nSPS) is 14.5. The van der Waals surface area contributed by atoms with Crippen LogP contribution in [0.25, 0.3) is 10.9 Å². The molecule has 3 aromatic rings. The van der Waals surface area contributed by atoms with Crippen LogP contribution in [0.15, 0.2) is 42.5 Å². The van der Waals surface area contributed by atoms with Crippen molar-refractivity contribution < 1.29 is 24.2 Å². The molecule has 1 saturated heterocycles. The molecule has 2 heterocycles. The van der Waals surface area contributed by atoms with E-state index in [2.05, 4.69) is 17.1 Å². The van der Waals surface area contributed by atoms with Crippen LogP contribution in [0, 0.1) is 5.92 Å². The molecule has 0 spiro atoms. The van der Waals surface area contributed by atoms with Crippen molar-refractivity contribution in [1.82, 2.24) is 4.98 Å². The van der Waals surface area contributed by atoms with Gasteiger partial charge in [0.1, 0.15) is 11.6 Å². The number of piperidine rings is 1. The first kappa shape index (κ1) is 21.4. The molecule has 166 valence electrons. The number of carboxylic acid groups (broad SMARTS) is 1. The third-order valence-electron chi connectivity index (χ3n) is 6.08. The molecule has 1 aromatic heterocycles. The molecule has 0 bridgehead atoms. The average Bonchev–Trinajstić information content (AvgIpc) is 3.17. The Morgan fingerprint density at radius 3 is 2.44 bits per heavy atom. The topological polar surface area (TPSA) is 126 Å². The van der Waals surface area contributed by atoms with E-state index in [9.17, 15) is 19.5 Å². The quantitative estimate of drug-likeness (QED) is 0.387. The smallest absolute Gasteiger partial charge is 0.377 e. The number of hydrogen-bond acceptors (Lipinski definition) is 5. The highest BCUT2D eigenvalue weighted by molar-refractivity contribution is 6.43. The number of aromatic nitrogens is 1. The standard InChI is InChI=1S/C24H25N3O5/c1-32-19-13-18-16(12-17(19)22(25)29)20(21(28)24(30)31)23(26-18)27-9-7-15(8-10-27)11-14-5-3-2-4-6-14/h2-6,12-13,15,26H,7-11H2,1H3,(H2,25,29)(H,30,31). The minimum atomic E-state index is -1.55. The summed E-state index contributed by atoms with van der Waals surface area (Å²) >= 11 is 0. The summed E-state index contributed by atoms with van der Waals surface area (Å²) in [4.78, 5) is 41.3. The largest absolute Gasteiger partial charge is 0.496 e. The molecule has 4 N–H and O–H groups in total. The lowest BCUT2D eigenvalue weighted by molar-refractivity contribution is -0.131. The Morgan fingerprint density at radius 2 is 1.84 bits per heavy atom. The van der Waals surface area contributed by atoms with Gasteiger partial charge in [0, 0.05) is 24.5 Å². The van der Waals surface area contributed by atoms with Crippen molar-refractivity contribution >= 4 is 34.4 Å². The van der Waals surface area contributed by atoms with Gasteiger partial charge < -0.3 is 25.5 Å². The number of aliphatic carboxylic acids is 1. The maximum absolute atomic E-state index is 12.6. The molecule has 0 atom stereocenters. The molecule has 0 aliphatic carbocycles. The Labute approximate surface area is 185 Å². The number of carbonyl (C=O) groups is 3. The van der Waals surface area contributed by atoms with Gasteiger partial charge in [-0.05, 0) is 36.8 Å². The average molecular weight is 435 g/mol. The second-order valence-corrected chi connectivity index (χ2v) is 8.07. The fourth-order valence-electron chi connectivity index (χ4n) is 4.45. The van der Waals surface area contributed by atoms with E-state index < -0.39 is 17.7 Å². The van der Waals surface area contributed by atoms with Crippen molar-refractivity contribution in [3.63, 3.8) is 0 Å². The summed E-state index contributed by atoms with van der Waals surface area (Å²) in [6.07, 6.45) is 2.82. The number of methoxy groups -OCH3 is 1. The van der Waals surface area contributed by atoms with Gasteiger partial charge in [-0.2, -0.15) is 0 Å². The van der Waals surface area contributed by atoms with E-state index in [1.807, 2.05) is 23.1 Å². The number of amides is 1. The van der Waals surface area contributed by atoms with E-state index in [1.165, 1.54) is 18.7 Å². The van der Waals surface area contributed by atoms with Gasteiger partial charge in [-0.1, -0.05) is 30.3 Å². The van der Waals surface area contributed by atoms with Gasteiger partial charge in [0.2, 0.25) is 0 Å². The Hall–Kier alpha value is -3.81. The lowest BCUT2D eigenvalue weighted by Crippen LogP contribution is -2.35. The van der Waals surface area contributed by atoms with Crippen LogP contribution in [0.1, 0.15) is 39.1 Å². The van der Waals surface area contributed by atoms with Crippen LogP contribution < -0.4 is 15.4 Å². The van der Waals surface area contributed by atoms with Crippen molar-refractivity contribution in [2.24, 2.45) is 11.7 Å². The third-order valence-corrected chi connectivity index (χ3v) is 6.08. The van der Waals surface area contributed by atoms with E-state index in [4.69, 9.17) is 10.5 Å². The lowest BCUT2D eigenvalue weighted by atomic mass is 9.90. The number of ketones is 1. The molecule has 1 aliphatic heterocycles. The molecule has 32 heavy (non-hydrogen) atoms. The Morgan fingerprint density at radius 1 is 1.16 bits per heavy atom. The summed E-state index contributed by atoms with van der Waals surface area (Å²) in [5.41, 5.74) is 7.39. The number of carbonyl (C=O) groups excluding carboxylic acids is 2. The Kier molecular flexibility index (Phi) is 5.85. The minimum Gasteiger partial charge on any atom is -0.496 e. The summed E-state index contributed by atoms with van der Waals surface area (Å²) in [5.74, 6) is -2.08. The summed E-state index contributed by atoms with van der Waals surface area (Å²) in [7, 11) is 1.41. The molecular weight excluding hydrogens is 410 g/mol. The predicted molar refractivity (Wildman–Crippen MR) is 120 cm³/mol. The van der Waals surface area contributed by atoms with Crippen LogP contribution in [-0.4, -0.2) is 47.9 Å². The van der Waals surface area contributed by atoms with Gasteiger partial charge in [0.05, 0.1) is 23.8 Å². The number of aromatic amines is 1. The molecule has 0 saturated carbocycles. The van der Waals surface area contributed by atoms with Crippen LogP contribution in [0.3, 0.4) is 0 Å². The zero-order valence-electron chi connectivity index (χ0n) is 17.8. The predicted octanol–water partition coefficient (Wildman–Crippen LogP) is 3.00. The number of nitrogens with one attached hydrogen (secondary N) is 1. The number of nitrogens with zero attached hydrogens (tertiary/aromatic N) is 1. The van der Waals surface area contributed by atoms with Gasteiger partial charge in [-0.3, -0.25) is 9.59 Å². The zero-order valence-corrected chi connectivity index (χ0v) is 17.8. The van der Waals surface area contributed by atoms with Crippen molar-refractivity contribution in [1.29, 1.82) is 0 Å². The fraction of sp³-hybridized carbons (Fsp3) is 0.292. The number of benzene rings is 2. The number of H-pyrrole nitrogens is 1. The van der Waals surface area contributed by atoms with Crippen LogP contribution in [0.5, 0.6) is 5.75 Å². The van der Waals surface area contributed by atoms with E-state index in [0.29, 0.717) is 35.7 Å². The number of carboxylic acids is 1. The van der Waals surface area contributed by atoms with Crippen LogP contribution in [0.2, 0.25) is 0 Å². The highest BCUT2D eigenvalue weighted by Gasteiger charge is 2.30. The highest BCUT2D eigenvalue weighted by Crippen LogP contribution is 2.36. The number of fused-ring (bicyclic) bond motifs is 1. The number of hydrogen-bond donors (Lipinski definition) is 3. The molecule has 1 amide bonds. The van der Waals surface area contributed by atoms with Gasteiger partial charge in [-0.15, -0.1) is 0 Å². The number of ether oxygens (including phenoxy) is 1. The molecule has 4 rings (SSSR count). The van der Waals surface area contributed by atoms with Crippen molar-refractivity contribution in [3.8, 4) is 5.75 Å². The molecule has 0 unspecified atom stereocenters. The summed E-state index contributed by atoms with van der Waals surface area (Å²) in [6, 6.07) is 13.3. The van der Waals surface area contributed by atoms with Gasteiger partial charge >= 0.3 is 5.97 Å². The minimum absolute atomic E-state index is 0.0409. The van der Waals surface area contributed by atoms with Crippen LogP contribution >= 0.6 is 0 Å². The van der Waals surface area contributed by atoms with Crippen molar-refractivity contribution in [3.05, 3.63) is 59.2 Å². The zero-order chi connectivity index (χ0) is 22.8. The first-order chi connectivity index (χ1) is 15.4. The van der Waals surface area contributed by atoms with Gasteiger partial charge in [-0.25, -0.2) is 4.79 Å². The van der Waals surface area contributed by atoms with E-state index in [1.54, 1.807) is 6.07 Å². The first-order valence-corrected chi connectivity index (χ1v) is 10.5. The van der Waals surface area contributed by atoms with Crippen molar-refractivity contribution in [2.75, 3.05) is 25.1 Å². The van der Waals surface area contributed by atoms with Gasteiger partial charge in [0.15, 0.2) is 0 Å². The molecule has 8 heteroatoms. The molecule has 1 fully saturated rings. The fourth-order valence-corrected chi connectivity index (χ4v) is 4.45. The maximum atomic E-state index is 12.6. The molecule has 1 aliphatic rings. The second-order valence-electron chi connectivity index (χ2n) is 8.07. The number of nitrogens with two attached hydrogens (primary N) is 1. The van der Waals surface area contributed by atoms with Crippen molar-refractivity contribution in [2.45, 2.75) is 19.3 Å². The van der Waals surface area contributed by atoms with Crippen LogP contribution in [-0.2, 0) is 11.2 Å². The molecule has 8 nitrogen and oxygen atoms in total. The highest BCUT2D eigenvalue weighted by atomic mass is 16.5. The monoisotopic (exact) mass is 435 g/mol. The van der Waals surface area contributed by atoms with E-state index in [0.717, 1.165) is 19.3 Å². The third kappa shape index (κ3) is 4.03. The molecule has 2 aromatic carbocycles. The SMILES string of the molecule is COc1cc2[nH]c(N3CCC(Cc4ccccc4)CC3)c(C(=O)C(=O)O)c2cc1C(N)=O. The Bertz CT molecular complexity index is 1180. The molecule has 0 radical (unpaired) electrons. The summed E-state index contributed by atoms with van der Waals surface area (Å²) in [5, 5.41) is 9.76. The van der Waals surface area contributed by atoms with Gasteiger partial charge in [0.25, 0.3) is 11.7 Å². The Balaban J connectivity index is 1.67. The number of primary amides is 1. The number of rotatable bonds is 7.